The highest BCUT2D eigenvalue weighted by Crippen LogP contribution is 2.11. The van der Waals surface area contributed by atoms with Crippen molar-refractivity contribution in [2.45, 2.75) is 26.8 Å². The van der Waals surface area contributed by atoms with E-state index in [1.54, 1.807) is 0 Å². The van der Waals surface area contributed by atoms with Gasteiger partial charge in [0.15, 0.2) is 0 Å². The molecule has 2 rings (SSSR count). The van der Waals surface area contributed by atoms with Crippen LogP contribution in [0.2, 0.25) is 0 Å². The smallest absolute Gasteiger partial charge is 0.224 e. The summed E-state index contributed by atoms with van der Waals surface area (Å²) in [5, 5.41) is 7.29. The van der Waals surface area contributed by atoms with Crippen molar-refractivity contribution in [2.75, 3.05) is 0 Å². The van der Waals surface area contributed by atoms with Crippen molar-refractivity contribution in [2.24, 2.45) is 7.05 Å². The van der Waals surface area contributed by atoms with Crippen LogP contribution in [0, 0.1) is 13.8 Å². The molecule has 0 aliphatic carbocycles. The molecule has 1 aromatic carbocycles. The van der Waals surface area contributed by atoms with Crippen LogP contribution in [0.25, 0.3) is 0 Å². The average molecular weight is 257 g/mol. The molecule has 0 spiro atoms. The van der Waals surface area contributed by atoms with Gasteiger partial charge in [-0.15, -0.1) is 0 Å². The number of rotatable bonds is 4. The van der Waals surface area contributed by atoms with Gasteiger partial charge in [0, 0.05) is 24.8 Å². The third-order valence-electron chi connectivity index (χ3n) is 3.33. The number of benzene rings is 1. The Bertz CT molecular complexity index is 573. The zero-order chi connectivity index (χ0) is 13.8. The fourth-order valence-electron chi connectivity index (χ4n) is 2.10. The maximum absolute atomic E-state index is 11.9. The summed E-state index contributed by atoms with van der Waals surface area (Å²) in [5.41, 5.74) is 4.20. The Kier molecular flexibility index (Phi) is 4.00. The first-order valence-corrected chi connectivity index (χ1v) is 6.37. The molecule has 1 aromatic heterocycles. The highest BCUT2D eigenvalue weighted by atomic mass is 16.1. The summed E-state index contributed by atoms with van der Waals surface area (Å²) in [4.78, 5) is 11.9. The summed E-state index contributed by atoms with van der Waals surface area (Å²) < 4.78 is 1.84. The number of carbonyl (C=O) groups excluding carboxylic acids is 1. The summed E-state index contributed by atoms with van der Waals surface area (Å²) in [6.07, 6.45) is 0.416. The topological polar surface area (TPSA) is 46.9 Å². The van der Waals surface area contributed by atoms with Gasteiger partial charge in [-0.1, -0.05) is 30.3 Å². The van der Waals surface area contributed by atoms with Crippen LogP contribution >= 0.6 is 0 Å². The lowest BCUT2D eigenvalue weighted by Crippen LogP contribution is -2.25. The molecular weight excluding hydrogens is 238 g/mol. The molecule has 19 heavy (non-hydrogen) atoms. The molecule has 1 heterocycles. The number of hydrogen-bond acceptors (Lipinski definition) is 2. The van der Waals surface area contributed by atoms with Crippen LogP contribution in [0.3, 0.4) is 0 Å². The van der Waals surface area contributed by atoms with Crippen LogP contribution < -0.4 is 5.32 Å². The summed E-state index contributed by atoms with van der Waals surface area (Å²) in [6, 6.07) is 9.75. The second-order valence-electron chi connectivity index (χ2n) is 4.71. The van der Waals surface area contributed by atoms with E-state index < -0.39 is 0 Å². The van der Waals surface area contributed by atoms with Gasteiger partial charge in [0.1, 0.15) is 0 Å². The van der Waals surface area contributed by atoms with Crippen molar-refractivity contribution in [1.29, 1.82) is 0 Å². The first-order chi connectivity index (χ1) is 9.08. The maximum atomic E-state index is 11.9. The van der Waals surface area contributed by atoms with Crippen molar-refractivity contribution < 1.29 is 4.79 Å². The highest BCUT2D eigenvalue weighted by Gasteiger charge is 2.10. The highest BCUT2D eigenvalue weighted by molar-refractivity contribution is 5.78. The fourth-order valence-corrected chi connectivity index (χ4v) is 2.10. The van der Waals surface area contributed by atoms with Gasteiger partial charge in [-0.3, -0.25) is 9.48 Å². The Morgan fingerprint density at radius 3 is 2.53 bits per heavy atom. The molecule has 0 bridgehead atoms. The molecule has 1 amide bonds. The van der Waals surface area contributed by atoms with Gasteiger partial charge < -0.3 is 5.32 Å². The molecule has 4 heteroatoms. The van der Waals surface area contributed by atoms with E-state index >= 15 is 0 Å². The molecule has 100 valence electrons. The van der Waals surface area contributed by atoms with E-state index in [9.17, 15) is 4.79 Å². The van der Waals surface area contributed by atoms with E-state index in [4.69, 9.17) is 0 Å². The van der Waals surface area contributed by atoms with Gasteiger partial charge in [0.2, 0.25) is 5.91 Å². The molecule has 2 aromatic rings. The molecule has 1 N–H and O–H groups in total. The number of aromatic nitrogens is 2. The minimum atomic E-state index is 0.0360. The second kappa shape index (κ2) is 5.69. The fraction of sp³-hybridized carbons (Fsp3) is 0.333. The van der Waals surface area contributed by atoms with Gasteiger partial charge >= 0.3 is 0 Å². The number of amides is 1. The van der Waals surface area contributed by atoms with Crippen molar-refractivity contribution >= 4 is 5.91 Å². The van der Waals surface area contributed by atoms with Crippen LogP contribution in [-0.2, 0) is 24.8 Å². The van der Waals surface area contributed by atoms with Crippen molar-refractivity contribution in [3.63, 3.8) is 0 Å². The molecule has 0 fully saturated rings. The zero-order valence-electron chi connectivity index (χ0n) is 11.6. The van der Waals surface area contributed by atoms with E-state index in [-0.39, 0.29) is 5.91 Å². The predicted octanol–water partition coefficient (Wildman–Crippen LogP) is 1.90. The van der Waals surface area contributed by atoms with Gasteiger partial charge in [0.05, 0.1) is 12.1 Å². The summed E-state index contributed by atoms with van der Waals surface area (Å²) >= 11 is 0. The summed E-state index contributed by atoms with van der Waals surface area (Å²) in [5.74, 6) is 0.0360. The minimum absolute atomic E-state index is 0.0360. The lowest BCUT2D eigenvalue weighted by molar-refractivity contribution is -0.120. The third kappa shape index (κ3) is 3.22. The van der Waals surface area contributed by atoms with Crippen LogP contribution in [0.5, 0.6) is 0 Å². The largest absolute Gasteiger partial charge is 0.352 e. The lowest BCUT2D eigenvalue weighted by atomic mass is 10.1. The molecule has 0 saturated heterocycles. The van der Waals surface area contributed by atoms with E-state index in [1.165, 1.54) is 0 Å². The van der Waals surface area contributed by atoms with Crippen molar-refractivity contribution in [3.8, 4) is 0 Å². The van der Waals surface area contributed by atoms with Gasteiger partial charge in [-0.25, -0.2) is 0 Å². The third-order valence-corrected chi connectivity index (χ3v) is 3.33. The standard InChI is InChI=1S/C15H19N3O/c1-11-14(12(2)18(3)17-11)10-16-15(19)9-13-7-5-4-6-8-13/h4-8H,9-10H2,1-3H3,(H,16,19). The molecule has 0 aliphatic rings. The van der Waals surface area contributed by atoms with Gasteiger partial charge in [-0.05, 0) is 19.4 Å². The normalized spacial score (nSPS) is 10.5. The Labute approximate surface area is 113 Å². The summed E-state index contributed by atoms with van der Waals surface area (Å²) in [7, 11) is 1.91. The summed E-state index contributed by atoms with van der Waals surface area (Å²) in [6.45, 7) is 4.52. The van der Waals surface area contributed by atoms with Gasteiger partial charge in [0.25, 0.3) is 0 Å². The van der Waals surface area contributed by atoms with Crippen LogP contribution in [0.1, 0.15) is 22.5 Å². The molecule has 4 nitrogen and oxygen atoms in total. The SMILES string of the molecule is Cc1nn(C)c(C)c1CNC(=O)Cc1ccccc1. The molecule has 0 radical (unpaired) electrons. The molecule has 0 unspecified atom stereocenters. The quantitative estimate of drug-likeness (QED) is 0.909. The number of carbonyl (C=O) groups is 1. The van der Waals surface area contributed by atoms with E-state index in [1.807, 2.05) is 55.9 Å². The van der Waals surface area contributed by atoms with Crippen LogP contribution in [0.4, 0.5) is 0 Å². The van der Waals surface area contributed by atoms with E-state index in [2.05, 4.69) is 10.4 Å². The lowest BCUT2D eigenvalue weighted by Gasteiger charge is -2.06. The van der Waals surface area contributed by atoms with Crippen LogP contribution in [0.15, 0.2) is 30.3 Å². The Balaban J connectivity index is 1.94. The average Bonchev–Trinajstić information content (AvgIpc) is 2.62. The van der Waals surface area contributed by atoms with Gasteiger partial charge in [-0.2, -0.15) is 5.10 Å². The van der Waals surface area contributed by atoms with Crippen molar-refractivity contribution in [3.05, 3.63) is 52.8 Å². The maximum Gasteiger partial charge on any atom is 0.224 e. The first-order valence-electron chi connectivity index (χ1n) is 6.37. The molecule has 0 aliphatic heterocycles. The Morgan fingerprint density at radius 1 is 1.26 bits per heavy atom. The molecular formula is C15H19N3O. The predicted molar refractivity (Wildman–Crippen MR) is 74.7 cm³/mol. The molecule has 0 saturated carbocycles. The first kappa shape index (κ1) is 13.3. The van der Waals surface area contributed by atoms with E-state index in [0.29, 0.717) is 13.0 Å². The minimum Gasteiger partial charge on any atom is -0.352 e. The van der Waals surface area contributed by atoms with E-state index in [0.717, 1.165) is 22.5 Å². The zero-order valence-corrected chi connectivity index (χ0v) is 11.6. The number of aryl methyl sites for hydroxylation is 2. The number of hydrogen-bond donors (Lipinski definition) is 1. The second-order valence-corrected chi connectivity index (χ2v) is 4.71. The van der Waals surface area contributed by atoms with Crippen LogP contribution in [-0.4, -0.2) is 15.7 Å². The number of nitrogens with zero attached hydrogens (tertiary/aromatic N) is 2. The number of nitrogens with one attached hydrogen (secondary N) is 1. The Morgan fingerprint density at radius 2 is 1.95 bits per heavy atom. The Hall–Kier alpha value is -2.10. The monoisotopic (exact) mass is 257 g/mol. The molecule has 0 atom stereocenters. The van der Waals surface area contributed by atoms with Crippen molar-refractivity contribution in [1.82, 2.24) is 15.1 Å².